The number of nitrogens with zero attached hydrogens (tertiary/aromatic N) is 1. The van der Waals surface area contributed by atoms with Gasteiger partial charge in [-0.25, -0.2) is 4.79 Å². The van der Waals surface area contributed by atoms with Crippen LogP contribution >= 0.6 is 0 Å². The molecule has 0 unspecified atom stereocenters. The molecule has 18 nitrogen and oxygen atoms in total. The van der Waals surface area contributed by atoms with Crippen molar-refractivity contribution >= 4 is 95.1 Å². The summed E-state index contributed by atoms with van der Waals surface area (Å²) in [6.45, 7) is 12.8. The fraction of sp³-hybridized carbons (Fsp3) is 0.146. The minimum Gasteiger partial charge on any atom is -0.478 e. The van der Waals surface area contributed by atoms with Crippen molar-refractivity contribution in [2.24, 2.45) is 0 Å². The summed E-state index contributed by atoms with van der Waals surface area (Å²) in [6, 6.07) is 19.4. The summed E-state index contributed by atoms with van der Waals surface area (Å²) in [6.07, 6.45) is 6.45. The molecule has 372 valence electrons. The number of hydrogen-bond donors (Lipinski definition) is 6. The van der Waals surface area contributed by atoms with E-state index in [9.17, 15) is 74.8 Å². The molecule has 0 atom stereocenters. The van der Waals surface area contributed by atoms with Gasteiger partial charge in [-0.15, -0.1) is 0 Å². The number of carbonyl (C=O) groups is 1. The zero-order valence-electron chi connectivity index (χ0n) is 37.9. The fourth-order valence-corrected chi connectivity index (χ4v) is 11.9. The molecule has 6 N–H and O–H groups in total. The van der Waals surface area contributed by atoms with E-state index < -0.39 is 91.9 Å². The smallest absolute Gasteiger partial charge is 0.335 e. The van der Waals surface area contributed by atoms with E-state index in [-0.39, 0.29) is 38.5 Å². The maximum absolute atomic E-state index is 13.1. The summed E-state index contributed by atoms with van der Waals surface area (Å²) >= 11 is 0. The first-order valence-corrected chi connectivity index (χ1v) is 27.8. The van der Waals surface area contributed by atoms with Crippen molar-refractivity contribution < 1.29 is 74.8 Å². The molecule has 0 aliphatic carbocycles. The molecule has 0 fully saturated rings. The molecule has 0 saturated heterocycles. The van der Waals surface area contributed by atoms with Crippen LogP contribution in [0.4, 0.5) is 11.4 Å². The molecule has 0 aromatic heterocycles. The number of fused-ring (bicyclic) bond motifs is 4. The minimum atomic E-state index is -5.16. The van der Waals surface area contributed by atoms with Gasteiger partial charge < -0.3 is 10.0 Å². The lowest BCUT2D eigenvalue weighted by Crippen LogP contribution is -2.23. The average Bonchev–Trinajstić information content (AvgIpc) is 3.48. The summed E-state index contributed by atoms with van der Waals surface area (Å²) in [4.78, 5) is 10.1. The lowest BCUT2D eigenvalue weighted by molar-refractivity contribution is 0.0696. The molecule has 0 radical (unpaired) electrons. The molecule has 7 rings (SSSR count). The lowest BCUT2D eigenvalue weighted by atomic mass is 9.74. The van der Waals surface area contributed by atoms with Gasteiger partial charge in [-0.05, 0) is 124 Å². The number of hydrogen-bond acceptors (Lipinski definition) is 12. The topological polar surface area (TPSA) is 312 Å². The lowest BCUT2D eigenvalue weighted by Gasteiger charge is -2.30. The van der Waals surface area contributed by atoms with Crippen molar-refractivity contribution in [2.75, 3.05) is 4.90 Å². The Morgan fingerprint density at radius 2 is 1.10 bits per heavy atom. The average molecular weight is 1070 g/mol. The number of allylic oxidation sites excluding steroid dienone is 7. The van der Waals surface area contributed by atoms with Crippen molar-refractivity contribution in [1.29, 1.82) is 0 Å². The molecule has 1 heterocycles. The second-order valence-electron chi connectivity index (χ2n) is 17.6. The van der Waals surface area contributed by atoms with E-state index in [1.807, 2.05) is 0 Å². The van der Waals surface area contributed by atoms with Crippen LogP contribution in [0.15, 0.2) is 164 Å². The van der Waals surface area contributed by atoms with Crippen molar-refractivity contribution in [3.63, 3.8) is 0 Å². The number of carboxylic acids is 1. The predicted molar refractivity (Wildman–Crippen MR) is 264 cm³/mol. The first kappa shape index (κ1) is 52.4. The Kier molecular flexibility index (Phi) is 13.1. The number of carboxylic acid groups (broad SMARTS) is 1. The van der Waals surface area contributed by atoms with Crippen LogP contribution in [0.3, 0.4) is 0 Å². The standard InChI is InChI=1S/C48H43NO17S5/c1-27-22-41(70(61,62)63)38-24-34(68(55,56)57)17-19-36(38)44(27)47(3,4)28(2)10-11-29(30-12-14-31(15-13-30)46(50)51)16-21-43-48(5,6)45-37-20-18-35(69(58,59)60)25-39(37)42(71(64,65)66)26-40(45)49(43)32-8-7-9-33(23-32)67(52,53)54/h7-26H,2H2,1,3-6H3,(H,50,51)(H,52,53,54)(H,55,56,57)(H,58,59,60)(H,61,62,63)(H,64,65,66)/b11-10+,29-16-,43-21+. The predicted octanol–water partition coefficient (Wildman–Crippen LogP) is 8.72. The van der Waals surface area contributed by atoms with Gasteiger partial charge in [0.2, 0.25) is 0 Å². The van der Waals surface area contributed by atoms with Gasteiger partial charge >= 0.3 is 5.97 Å². The molecule has 71 heavy (non-hydrogen) atoms. The minimum absolute atomic E-state index is 0.0511. The normalized spacial score (nSPS) is 15.5. The van der Waals surface area contributed by atoms with Gasteiger partial charge in [0.15, 0.2) is 0 Å². The maximum atomic E-state index is 13.1. The highest BCUT2D eigenvalue weighted by molar-refractivity contribution is 7.87. The Hall–Kier alpha value is -6.38. The second-order valence-corrected chi connectivity index (χ2v) is 24.7. The van der Waals surface area contributed by atoms with Gasteiger partial charge in [0.25, 0.3) is 50.6 Å². The highest BCUT2D eigenvalue weighted by atomic mass is 32.2. The molecule has 0 spiro atoms. The largest absolute Gasteiger partial charge is 0.478 e. The van der Waals surface area contributed by atoms with E-state index in [2.05, 4.69) is 6.58 Å². The van der Waals surface area contributed by atoms with Gasteiger partial charge in [0, 0.05) is 33.0 Å². The highest BCUT2D eigenvalue weighted by Crippen LogP contribution is 2.55. The number of anilines is 2. The molecule has 0 saturated carbocycles. The van der Waals surface area contributed by atoms with Crippen molar-refractivity contribution in [1.82, 2.24) is 0 Å². The number of rotatable bonds is 13. The van der Waals surface area contributed by atoms with Gasteiger partial charge in [-0.1, -0.05) is 82.8 Å². The Balaban J connectivity index is 1.48. The van der Waals surface area contributed by atoms with Crippen LogP contribution in [0.5, 0.6) is 0 Å². The van der Waals surface area contributed by atoms with Gasteiger partial charge in [-0.3, -0.25) is 22.8 Å². The van der Waals surface area contributed by atoms with E-state index in [0.717, 1.165) is 48.5 Å². The van der Waals surface area contributed by atoms with Crippen LogP contribution in [0.2, 0.25) is 0 Å². The zero-order chi connectivity index (χ0) is 52.8. The Morgan fingerprint density at radius 1 is 0.606 bits per heavy atom. The molecule has 0 bridgehead atoms. The summed E-state index contributed by atoms with van der Waals surface area (Å²) in [5.74, 6) is -1.21. The summed E-state index contributed by atoms with van der Waals surface area (Å²) < 4.78 is 175. The molecular formula is C48H43NO17S5. The first-order chi connectivity index (χ1) is 32.5. The van der Waals surface area contributed by atoms with Gasteiger partial charge in [0.1, 0.15) is 9.79 Å². The molecule has 1 aliphatic heterocycles. The summed E-state index contributed by atoms with van der Waals surface area (Å²) in [5.41, 5.74) is 0.436. The monoisotopic (exact) mass is 1070 g/mol. The van der Waals surface area contributed by atoms with E-state index in [1.165, 1.54) is 53.4 Å². The van der Waals surface area contributed by atoms with Crippen molar-refractivity contribution in [3.8, 4) is 0 Å². The number of aryl methyl sites for hydroxylation is 1. The van der Waals surface area contributed by atoms with Gasteiger partial charge in [0.05, 0.1) is 25.9 Å². The van der Waals surface area contributed by atoms with Crippen LogP contribution < -0.4 is 4.90 Å². The maximum Gasteiger partial charge on any atom is 0.335 e. The van der Waals surface area contributed by atoms with Crippen LogP contribution in [-0.4, -0.2) is 75.9 Å². The van der Waals surface area contributed by atoms with Crippen molar-refractivity contribution in [3.05, 3.63) is 167 Å². The summed E-state index contributed by atoms with van der Waals surface area (Å²) in [5, 5.41) is 9.53. The summed E-state index contributed by atoms with van der Waals surface area (Å²) in [7, 11) is -24.6. The Morgan fingerprint density at radius 3 is 1.62 bits per heavy atom. The van der Waals surface area contributed by atoms with Crippen LogP contribution in [0, 0.1) is 6.92 Å². The SMILES string of the molecule is C=C(/C=C/C(=C/C=C1/N(c2cccc(S(=O)(=O)O)c2)c2cc(S(=O)(=O)O)c3cc(S(=O)(=O)O)ccc3c2C1(C)C)c1ccc(C(=O)O)cc1)C(C)(C)c1c(C)cc(S(=O)(=O)O)c2cc(S(=O)(=O)O)ccc12. The van der Waals surface area contributed by atoms with E-state index >= 15 is 0 Å². The Labute approximate surface area is 409 Å². The molecule has 6 aromatic rings. The Bertz CT molecular complexity index is 4000. The third-order valence-electron chi connectivity index (χ3n) is 12.4. The number of benzene rings is 6. The quantitative estimate of drug-likeness (QED) is 0.0465. The third kappa shape index (κ3) is 9.97. The van der Waals surface area contributed by atoms with Gasteiger partial charge in [-0.2, -0.15) is 42.1 Å². The molecule has 6 aromatic carbocycles. The molecular weight excluding hydrogens is 1020 g/mol. The number of aromatic carboxylic acids is 1. The van der Waals surface area contributed by atoms with Crippen LogP contribution in [-0.2, 0) is 61.4 Å². The third-order valence-corrected chi connectivity index (χ3v) is 16.7. The van der Waals surface area contributed by atoms with Crippen molar-refractivity contribution in [2.45, 2.75) is 69.9 Å². The van der Waals surface area contributed by atoms with E-state index in [0.29, 0.717) is 39.1 Å². The van der Waals surface area contributed by atoms with E-state index in [1.54, 1.807) is 58.9 Å². The zero-order valence-corrected chi connectivity index (χ0v) is 42.0. The highest BCUT2D eigenvalue weighted by Gasteiger charge is 2.44. The van der Waals surface area contributed by atoms with E-state index in [4.69, 9.17) is 0 Å². The van der Waals surface area contributed by atoms with Crippen LogP contribution in [0.1, 0.15) is 60.3 Å². The second kappa shape index (κ2) is 17.7. The molecule has 23 heteroatoms. The molecule has 0 amide bonds. The first-order valence-electron chi connectivity index (χ1n) is 20.6. The van der Waals surface area contributed by atoms with Crippen LogP contribution in [0.25, 0.3) is 27.1 Å². The molecule has 1 aliphatic rings. The fourth-order valence-electron chi connectivity index (χ4n) is 8.93.